The Hall–Kier alpha value is -3.00. The van der Waals surface area contributed by atoms with Gasteiger partial charge in [0.15, 0.2) is 23.0 Å². The Balaban J connectivity index is 2.19. The zero-order valence-corrected chi connectivity index (χ0v) is 17.2. The van der Waals surface area contributed by atoms with Gasteiger partial charge in [0.2, 0.25) is 5.16 Å². The molecule has 0 atom stereocenters. The van der Waals surface area contributed by atoms with Crippen molar-refractivity contribution in [3.8, 4) is 45.5 Å². The van der Waals surface area contributed by atoms with E-state index in [9.17, 15) is 0 Å². The van der Waals surface area contributed by atoms with Gasteiger partial charge in [-0.3, -0.25) is 0 Å². The average molecular weight is 399 g/mol. The van der Waals surface area contributed by atoms with Gasteiger partial charge in [-0.05, 0) is 42.7 Å². The van der Waals surface area contributed by atoms with Crippen LogP contribution in [0.2, 0.25) is 0 Å². The monoisotopic (exact) mass is 399 g/mol. The van der Waals surface area contributed by atoms with E-state index in [1.165, 1.54) is 11.8 Å². The normalized spacial score (nSPS) is 10.5. The van der Waals surface area contributed by atoms with Gasteiger partial charge in [0.05, 0.1) is 28.4 Å². The molecule has 146 valence electrons. The van der Waals surface area contributed by atoms with Crippen LogP contribution in [0.4, 0.5) is 0 Å². The zero-order chi connectivity index (χ0) is 20.1. The van der Waals surface area contributed by atoms with E-state index in [0.717, 1.165) is 11.1 Å². The standard InChI is InChI=1S/C20H21N3O4S/c1-24-14-8-6-12(10-16(14)26-3)18-19(22-23-20(21-18)28-5)13-7-9-15(25-2)17(11-13)27-4/h6-11H,1-5H3. The lowest BCUT2D eigenvalue weighted by atomic mass is 10.0. The lowest BCUT2D eigenvalue weighted by Crippen LogP contribution is -2.00. The van der Waals surface area contributed by atoms with E-state index in [2.05, 4.69) is 15.2 Å². The minimum absolute atomic E-state index is 0.578. The number of thioether (sulfide) groups is 1. The van der Waals surface area contributed by atoms with Crippen LogP contribution >= 0.6 is 11.8 Å². The zero-order valence-electron chi connectivity index (χ0n) is 16.3. The summed E-state index contributed by atoms with van der Waals surface area (Å²) in [6, 6.07) is 11.2. The van der Waals surface area contributed by atoms with E-state index in [1.54, 1.807) is 28.4 Å². The van der Waals surface area contributed by atoms with Gasteiger partial charge < -0.3 is 18.9 Å². The van der Waals surface area contributed by atoms with Gasteiger partial charge in [-0.1, -0.05) is 11.8 Å². The van der Waals surface area contributed by atoms with Gasteiger partial charge in [0.1, 0.15) is 11.4 Å². The van der Waals surface area contributed by atoms with Gasteiger partial charge in [0, 0.05) is 11.1 Å². The summed E-state index contributed by atoms with van der Waals surface area (Å²) in [6.07, 6.45) is 1.91. The molecule has 0 aliphatic rings. The molecule has 0 spiro atoms. The fraction of sp³-hybridized carbons (Fsp3) is 0.250. The lowest BCUT2D eigenvalue weighted by Gasteiger charge is -2.13. The fourth-order valence-corrected chi connectivity index (χ4v) is 3.07. The van der Waals surface area contributed by atoms with Gasteiger partial charge in [-0.2, -0.15) is 0 Å². The number of ether oxygens (including phenoxy) is 4. The molecule has 0 saturated heterocycles. The van der Waals surface area contributed by atoms with E-state index in [1.807, 2.05) is 42.7 Å². The molecule has 3 rings (SSSR count). The smallest absolute Gasteiger partial charge is 0.209 e. The molecule has 7 nitrogen and oxygen atoms in total. The summed E-state index contributed by atoms with van der Waals surface area (Å²) in [5.74, 6) is 2.50. The second kappa shape index (κ2) is 8.79. The maximum absolute atomic E-state index is 5.44. The van der Waals surface area contributed by atoms with E-state index in [4.69, 9.17) is 18.9 Å². The van der Waals surface area contributed by atoms with E-state index in [0.29, 0.717) is 39.5 Å². The quantitative estimate of drug-likeness (QED) is 0.553. The molecule has 3 aromatic rings. The molecule has 28 heavy (non-hydrogen) atoms. The van der Waals surface area contributed by atoms with Crippen LogP contribution in [0.15, 0.2) is 41.6 Å². The number of hydrogen-bond donors (Lipinski definition) is 0. The third kappa shape index (κ3) is 3.82. The maximum Gasteiger partial charge on any atom is 0.209 e. The molecule has 0 unspecified atom stereocenters. The summed E-state index contributed by atoms with van der Waals surface area (Å²) in [5, 5.41) is 9.21. The van der Waals surface area contributed by atoms with Crippen LogP contribution in [0.3, 0.4) is 0 Å². The van der Waals surface area contributed by atoms with E-state index in [-0.39, 0.29) is 0 Å². The summed E-state index contributed by atoms with van der Waals surface area (Å²) in [7, 11) is 6.39. The Kier molecular flexibility index (Phi) is 6.20. The predicted molar refractivity (Wildman–Crippen MR) is 109 cm³/mol. The van der Waals surface area contributed by atoms with Crippen LogP contribution in [0.5, 0.6) is 23.0 Å². The molecule has 0 radical (unpaired) electrons. The minimum atomic E-state index is 0.578. The molecule has 8 heteroatoms. The maximum atomic E-state index is 5.44. The summed E-state index contributed by atoms with van der Waals surface area (Å²) >= 11 is 1.43. The molecule has 0 aliphatic heterocycles. The van der Waals surface area contributed by atoms with Crippen molar-refractivity contribution < 1.29 is 18.9 Å². The third-order valence-corrected chi connectivity index (χ3v) is 4.70. The molecular weight excluding hydrogens is 378 g/mol. The predicted octanol–water partition coefficient (Wildman–Crippen LogP) is 3.96. The summed E-state index contributed by atoms with van der Waals surface area (Å²) in [5.41, 5.74) is 2.97. The summed E-state index contributed by atoms with van der Waals surface area (Å²) in [4.78, 5) is 4.69. The van der Waals surface area contributed by atoms with Crippen molar-refractivity contribution in [3.63, 3.8) is 0 Å². The van der Waals surface area contributed by atoms with Crippen LogP contribution in [-0.4, -0.2) is 49.9 Å². The first-order chi connectivity index (χ1) is 13.6. The topological polar surface area (TPSA) is 75.6 Å². The molecule has 0 aliphatic carbocycles. The number of benzene rings is 2. The van der Waals surface area contributed by atoms with Gasteiger partial charge in [0.25, 0.3) is 0 Å². The Morgan fingerprint density at radius 3 is 1.61 bits per heavy atom. The highest BCUT2D eigenvalue weighted by molar-refractivity contribution is 7.98. The molecule has 0 bridgehead atoms. The van der Waals surface area contributed by atoms with Crippen LogP contribution in [0.1, 0.15) is 0 Å². The Morgan fingerprint density at radius 2 is 1.14 bits per heavy atom. The Bertz CT molecular complexity index is 982. The highest BCUT2D eigenvalue weighted by Gasteiger charge is 2.17. The minimum Gasteiger partial charge on any atom is -0.493 e. The average Bonchev–Trinajstić information content (AvgIpc) is 2.77. The highest BCUT2D eigenvalue weighted by Crippen LogP contribution is 2.38. The van der Waals surface area contributed by atoms with Crippen LogP contribution in [0.25, 0.3) is 22.5 Å². The number of methoxy groups -OCH3 is 4. The van der Waals surface area contributed by atoms with Gasteiger partial charge >= 0.3 is 0 Å². The Morgan fingerprint density at radius 1 is 0.643 bits per heavy atom. The molecule has 1 heterocycles. The molecule has 1 aromatic heterocycles. The SMILES string of the molecule is COc1ccc(-c2nnc(SC)nc2-c2ccc(OC)c(OC)c2)cc1OC. The van der Waals surface area contributed by atoms with Crippen LogP contribution in [-0.2, 0) is 0 Å². The molecular formula is C20H21N3O4S. The van der Waals surface area contributed by atoms with Crippen LogP contribution in [0, 0.1) is 0 Å². The Labute approximate surface area is 168 Å². The third-order valence-electron chi connectivity index (χ3n) is 4.16. The first-order valence-corrected chi connectivity index (χ1v) is 9.61. The lowest BCUT2D eigenvalue weighted by molar-refractivity contribution is 0.355. The summed E-state index contributed by atoms with van der Waals surface area (Å²) < 4.78 is 21.5. The van der Waals surface area contributed by atoms with Crippen LogP contribution < -0.4 is 18.9 Å². The summed E-state index contributed by atoms with van der Waals surface area (Å²) in [6.45, 7) is 0. The molecule has 0 fully saturated rings. The fourth-order valence-electron chi connectivity index (χ4n) is 2.76. The van der Waals surface area contributed by atoms with Crippen molar-refractivity contribution in [1.29, 1.82) is 0 Å². The number of hydrogen-bond acceptors (Lipinski definition) is 8. The number of rotatable bonds is 7. The van der Waals surface area contributed by atoms with E-state index >= 15 is 0 Å². The van der Waals surface area contributed by atoms with Crippen molar-refractivity contribution in [2.24, 2.45) is 0 Å². The number of nitrogens with zero attached hydrogens (tertiary/aromatic N) is 3. The van der Waals surface area contributed by atoms with Crippen molar-refractivity contribution in [2.75, 3.05) is 34.7 Å². The molecule has 0 saturated carbocycles. The second-order valence-corrected chi connectivity index (χ2v) is 6.41. The van der Waals surface area contributed by atoms with Crippen molar-refractivity contribution in [1.82, 2.24) is 15.2 Å². The van der Waals surface area contributed by atoms with Crippen molar-refractivity contribution in [3.05, 3.63) is 36.4 Å². The van der Waals surface area contributed by atoms with Gasteiger partial charge in [-0.15, -0.1) is 10.2 Å². The molecule has 0 amide bonds. The largest absolute Gasteiger partial charge is 0.493 e. The van der Waals surface area contributed by atoms with Crippen molar-refractivity contribution in [2.45, 2.75) is 5.16 Å². The highest BCUT2D eigenvalue weighted by atomic mass is 32.2. The molecule has 2 aromatic carbocycles. The van der Waals surface area contributed by atoms with E-state index < -0.39 is 0 Å². The van der Waals surface area contributed by atoms with Gasteiger partial charge in [-0.25, -0.2) is 4.98 Å². The first-order valence-electron chi connectivity index (χ1n) is 8.38. The number of aromatic nitrogens is 3. The van der Waals surface area contributed by atoms with Crippen molar-refractivity contribution >= 4 is 11.8 Å². The second-order valence-electron chi connectivity index (χ2n) is 5.64. The first kappa shape index (κ1) is 19.8. The molecule has 0 N–H and O–H groups in total.